The summed E-state index contributed by atoms with van der Waals surface area (Å²) in [4.78, 5) is 43.1. The van der Waals surface area contributed by atoms with Crippen molar-refractivity contribution >= 4 is 23.4 Å². The van der Waals surface area contributed by atoms with E-state index >= 15 is 0 Å². The van der Waals surface area contributed by atoms with Crippen molar-refractivity contribution in [3.05, 3.63) is 81.9 Å². The van der Waals surface area contributed by atoms with Gasteiger partial charge in [-0.1, -0.05) is 6.07 Å². The summed E-state index contributed by atoms with van der Waals surface area (Å²) < 4.78 is 0. The van der Waals surface area contributed by atoms with Crippen LogP contribution in [-0.2, 0) is 4.79 Å². The van der Waals surface area contributed by atoms with Crippen molar-refractivity contribution in [2.24, 2.45) is 0 Å². The SMILES string of the molecule is Cc1cncc(C2=CC=C(NC(=O)C(C)c3cc(C)cc4c3C(=O)N(C)C4=O)NN2)c1. The Bertz CT molecular complexity index is 1180. The van der Waals surface area contributed by atoms with E-state index in [1.54, 1.807) is 37.5 Å². The van der Waals surface area contributed by atoms with Crippen molar-refractivity contribution in [3.63, 3.8) is 0 Å². The summed E-state index contributed by atoms with van der Waals surface area (Å²) in [5.41, 5.74) is 10.8. The number of benzene rings is 1. The first kappa shape index (κ1) is 20.3. The summed E-state index contributed by atoms with van der Waals surface area (Å²) in [6, 6.07) is 5.48. The van der Waals surface area contributed by atoms with E-state index in [0.29, 0.717) is 22.5 Å². The van der Waals surface area contributed by atoms with Gasteiger partial charge in [-0.3, -0.25) is 35.1 Å². The first-order valence-electron chi connectivity index (χ1n) is 9.90. The number of hydrazine groups is 1. The maximum absolute atomic E-state index is 12.9. The maximum Gasteiger partial charge on any atom is 0.261 e. The molecular formula is C23H23N5O3. The molecule has 0 saturated carbocycles. The third-order valence-corrected chi connectivity index (χ3v) is 5.42. The third kappa shape index (κ3) is 3.68. The van der Waals surface area contributed by atoms with Crippen LogP contribution in [0.4, 0.5) is 0 Å². The number of carbonyl (C=O) groups is 3. The monoisotopic (exact) mass is 417 g/mol. The van der Waals surface area contributed by atoms with Gasteiger partial charge in [0.25, 0.3) is 11.8 Å². The van der Waals surface area contributed by atoms with E-state index < -0.39 is 5.92 Å². The minimum absolute atomic E-state index is 0.294. The lowest BCUT2D eigenvalue weighted by atomic mass is 9.90. The molecule has 158 valence electrons. The molecule has 4 rings (SSSR count). The average molecular weight is 417 g/mol. The fourth-order valence-corrected chi connectivity index (χ4v) is 3.71. The number of aryl methyl sites for hydroxylation is 2. The van der Waals surface area contributed by atoms with Gasteiger partial charge in [0.15, 0.2) is 0 Å². The zero-order valence-corrected chi connectivity index (χ0v) is 17.7. The van der Waals surface area contributed by atoms with Crippen molar-refractivity contribution in [2.45, 2.75) is 26.7 Å². The summed E-state index contributed by atoms with van der Waals surface area (Å²) in [7, 11) is 1.45. The van der Waals surface area contributed by atoms with Gasteiger partial charge in [-0.15, -0.1) is 0 Å². The van der Waals surface area contributed by atoms with Crippen LogP contribution in [0.15, 0.2) is 48.6 Å². The molecule has 0 spiro atoms. The van der Waals surface area contributed by atoms with E-state index in [1.807, 2.05) is 26.0 Å². The van der Waals surface area contributed by atoms with E-state index in [-0.39, 0.29) is 17.7 Å². The second-order valence-electron chi connectivity index (χ2n) is 7.82. The highest BCUT2D eigenvalue weighted by molar-refractivity contribution is 6.22. The van der Waals surface area contributed by atoms with Crippen LogP contribution < -0.4 is 16.2 Å². The number of amides is 3. The molecule has 2 aliphatic rings. The first-order valence-corrected chi connectivity index (χ1v) is 9.90. The van der Waals surface area contributed by atoms with Crippen LogP contribution in [0.2, 0.25) is 0 Å². The number of hydrogen-bond acceptors (Lipinski definition) is 6. The zero-order valence-electron chi connectivity index (χ0n) is 17.7. The van der Waals surface area contributed by atoms with Gasteiger partial charge in [-0.05, 0) is 61.7 Å². The number of rotatable bonds is 4. The van der Waals surface area contributed by atoms with Gasteiger partial charge in [-0.25, -0.2) is 0 Å². The molecule has 0 bridgehead atoms. The van der Waals surface area contributed by atoms with Crippen LogP contribution >= 0.6 is 0 Å². The molecule has 0 fully saturated rings. The molecule has 8 heteroatoms. The summed E-state index contributed by atoms with van der Waals surface area (Å²) in [5, 5.41) is 2.83. The van der Waals surface area contributed by atoms with Crippen molar-refractivity contribution in [3.8, 4) is 0 Å². The van der Waals surface area contributed by atoms with Crippen molar-refractivity contribution in [1.82, 2.24) is 26.1 Å². The van der Waals surface area contributed by atoms with E-state index in [4.69, 9.17) is 0 Å². The minimum Gasteiger partial charge on any atom is -0.311 e. The molecule has 3 N–H and O–H groups in total. The quantitative estimate of drug-likeness (QED) is 0.659. The lowest BCUT2D eigenvalue weighted by Crippen LogP contribution is -2.41. The van der Waals surface area contributed by atoms with Crippen LogP contribution in [0, 0.1) is 13.8 Å². The fourth-order valence-electron chi connectivity index (χ4n) is 3.71. The predicted octanol–water partition coefficient (Wildman–Crippen LogP) is 2.13. The molecule has 3 heterocycles. The van der Waals surface area contributed by atoms with Crippen molar-refractivity contribution in [2.75, 3.05) is 7.05 Å². The third-order valence-electron chi connectivity index (χ3n) is 5.42. The molecule has 2 aliphatic heterocycles. The molecule has 1 aromatic carbocycles. The number of imide groups is 1. The summed E-state index contributed by atoms with van der Waals surface area (Å²) in [6.45, 7) is 5.53. The molecule has 2 aromatic rings. The second-order valence-corrected chi connectivity index (χ2v) is 7.82. The highest BCUT2D eigenvalue weighted by Gasteiger charge is 2.37. The number of carbonyl (C=O) groups excluding carboxylic acids is 3. The molecule has 8 nitrogen and oxygen atoms in total. The van der Waals surface area contributed by atoms with Gasteiger partial charge < -0.3 is 5.32 Å². The van der Waals surface area contributed by atoms with Gasteiger partial charge in [0.05, 0.1) is 22.7 Å². The number of allylic oxidation sites excluding steroid dienone is 2. The van der Waals surface area contributed by atoms with Crippen LogP contribution in [0.5, 0.6) is 0 Å². The average Bonchev–Trinajstić information content (AvgIpc) is 2.97. The largest absolute Gasteiger partial charge is 0.311 e. The number of fused-ring (bicyclic) bond motifs is 1. The Kier molecular flexibility index (Phi) is 5.06. The molecule has 1 atom stereocenters. The van der Waals surface area contributed by atoms with Crippen LogP contribution in [0.3, 0.4) is 0 Å². The minimum atomic E-state index is -0.633. The second kappa shape index (κ2) is 7.71. The number of nitrogens with zero attached hydrogens (tertiary/aromatic N) is 2. The number of nitrogens with one attached hydrogen (secondary N) is 3. The highest BCUT2D eigenvalue weighted by Crippen LogP contribution is 2.31. The zero-order chi connectivity index (χ0) is 22.3. The first-order chi connectivity index (χ1) is 14.8. The molecule has 0 radical (unpaired) electrons. The Balaban J connectivity index is 1.55. The van der Waals surface area contributed by atoms with Gasteiger partial charge in [0.2, 0.25) is 5.91 Å². The van der Waals surface area contributed by atoms with E-state index in [2.05, 4.69) is 21.2 Å². The van der Waals surface area contributed by atoms with Gasteiger partial charge in [0, 0.05) is 25.0 Å². The van der Waals surface area contributed by atoms with Crippen molar-refractivity contribution < 1.29 is 14.4 Å². The number of hydrogen-bond donors (Lipinski definition) is 3. The fraction of sp³-hybridized carbons (Fsp3) is 0.217. The van der Waals surface area contributed by atoms with E-state index in [9.17, 15) is 14.4 Å². The summed E-state index contributed by atoms with van der Waals surface area (Å²) in [6.07, 6.45) is 7.12. The Labute approximate surface area is 180 Å². The lowest BCUT2D eigenvalue weighted by molar-refractivity contribution is -0.121. The van der Waals surface area contributed by atoms with E-state index in [1.165, 1.54) is 7.05 Å². The molecular weight excluding hydrogens is 394 g/mol. The summed E-state index contributed by atoms with van der Waals surface area (Å²) >= 11 is 0. The van der Waals surface area contributed by atoms with Crippen LogP contribution in [0.1, 0.15) is 55.8 Å². The van der Waals surface area contributed by atoms with E-state index in [0.717, 1.165) is 27.3 Å². The normalized spacial score (nSPS) is 16.1. The molecule has 0 aliphatic carbocycles. The van der Waals surface area contributed by atoms with Gasteiger partial charge in [-0.2, -0.15) is 0 Å². The summed E-state index contributed by atoms with van der Waals surface area (Å²) in [5.74, 6) is -1.18. The topological polar surface area (TPSA) is 103 Å². The van der Waals surface area contributed by atoms with Gasteiger partial charge >= 0.3 is 0 Å². The lowest BCUT2D eigenvalue weighted by Gasteiger charge is -2.22. The number of pyridine rings is 1. The number of aromatic nitrogens is 1. The highest BCUT2D eigenvalue weighted by atomic mass is 16.2. The Morgan fingerprint density at radius 1 is 1.03 bits per heavy atom. The standard InChI is InChI=1S/C23H23N5O3/c1-12-8-16(20-17(9-12)22(30)28(4)23(20)31)14(3)21(29)25-19-6-5-18(26-27-19)15-7-13(2)10-24-11-15/h5-11,14,26-27H,1-4H3,(H,25,29). The maximum atomic E-state index is 12.9. The van der Waals surface area contributed by atoms with Crippen LogP contribution in [-0.4, -0.2) is 34.7 Å². The Morgan fingerprint density at radius 3 is 2.48 bits per heavy atom. The smallest absolute Gasteiger partial charge is 0.261 e. The molecule has 0 saturated heterocycles. The molecule has 1 unspecified atom stereocenters. The molecule has 1 aromatic heterocycles. The van der Waals surface area contributed by atoms with Crippen molar-refractivity contribution in [1.29, 1.82) is 0 Å². The van der Waals surface area contributed by atoms with Gasteiger partial charge in [0.1, 0.15) is 5.82 Å². The molecule has 31 heavy (non-hydrogen) atoms. The predicted molar refractivity (Wildman–Crippen MR) is 115 cm³/mol. The van der Waals surface area contributed by atoms with Crippen LogP contribution in [0.25, 0.3) is 5.70 Å². The Morgan fingerprint density at radius 2 is 1.81 bits per heavy atom. The molecule has 3 amide bonds. The Hall–Kier alpha value is -3.94.